The van der Waals surface area contributed by atoms with E-state index < -0.39 is 0 Å². The molecule has 0 spiro atoms. The van der Waals surface area contributed by atoms with Gasteiger partial charge in [0.05, 0.1) is 18.3 Å². The number of carbonyl (C=O) groups is 2. The summed E-state index contributed by atoms with van der Waals surface area (Å²) in [7, 11) is 0. The van der Waals surface area contributed by atoms with Gasteiger partial charge in [-0.05, 0) is 37.5 Å². The number of rotatable bonds is 2. The second kappa shape index (κ2) is 5.25. The average Bonchev–Trinajstić information content (AvgIpc) is 2.91. The Balaban J connectivity index is 1.78. The molecule has 0 radical (unpaired) electrons. The van der Waals surface area contributed by atoms with Crippen molar-refractivity contribution in [3.8, 4) is 0 Å². The molecule has 3 amide bonds. The average molecular weight is 273 g/mol. The third kappa shape index (κ3) is 2.41. The van der Waals surface area contributed by atoms with Gasteiger partial charge in [-0.25, -0.2) is 9.69 Å². The van der Waals surface area contributed by atoms with Gasteiger partial charge in [0.25, 0.3) is 0 Å². The first-order valence-electron chi connectivity index (χ1n) is 7.09. The number of nitrogens with one attached hydrogen (secondary N) is 1. The molecule has 2 aliphatic heterocycles. The van der Waals surface area contributed by atoms with E-state index in [1.807, 2.05) is 25.1 Å². The lowest BCUT2D eigenvalue weighted by Crippen LogP contribution is -2.60. The standard InChI is InChI=1S/C15H19N3O2/c1-11-5-4-6-12(9-11)18-14(19)10-13(16-15(18)20)17-7-2-3-8-17/h4-6,9,13H,2-3,7-8,10H2,1H3,(H,16,20). The highest BCUT2D eigenvalue weighted by atomic mass is 16.2. The van der Waals surface area contributed by atoms with Crippen LogP contribution in [0.3, 0.4) is 0 Å². The molecular weight excluding hydrogens is 254 g/mol. The molecule has 5 nitrogen and oxygen atoms in total. The summed E-state index contributed by atoms with van der Waals surface area (Å²) in [6.45, 7) is 3.87. The zero-order valence-corrected chi connectivity index (χ0v) is 11.6. The maximum absolute atomic E-state index is 12.3. The van der Waals surface area contributed by atoms with E-state index in [-0.39, 0.29) is 18.1 Å². The number of benzene rings is 1. The summed E-state index contributed by atoms with van der Waals surface area (Å²) < 4.78 is 0. The summed E-state index contributed by atoms with van der Waals surface area (Å²) in [5.74, 6) is -0.128. The number of hydrogen-bond donors (Lipinski definition) is 1. The first-order valence-corrected chi connectivity index (χ1v) is 7.09. The number of aryl methyl sites for hydroxylation is 1. The Bertz CT molecular complexity index is 520. The molecule has 0 aromatic heterocycles. The largest absolute Gasteiger partial charge is 0.329 e. The Kier molecular flexibility index (Phi) is 3.44. The molecule has 0 saturated carbocycles. The van der Waals surface area contributed by atoms with Crippen molar-refractivity contribution in [3.63, 3.8) is 0 Å². The summed E-state index contributed by atoms with van der Waals surface area (Å²) in [6, 6.07) is 7.14. The highest BCUT2D eigenvalue weighted by Crippen LogP contribution is 2.23. The Morgan fingerprint density at radius 1 is 1.20 bits per heavy atom. The topological polar surface area (TPSA) is 52.7 Å². The number of likely N-dealkylation sites (tertiary alicyclic amines) is 1. The molecule has 20 heavy (non-hydrogen) atoms. The Labute approximate surface area is 118 Å². The predicted octanol–water partition coefficient (Wildman–Crippen LogP) is 1.86. The molecule has 0 bridgehead atoms. The van der Waals surface area contributed by atoms with Crippen molar-refractivity contribution in [2.75, 3.05) is 18.0 Å². The molecule has 1 N–H and O–H groups in total. The summed E-state index contributed by atoms with van der Waals surface area (Å²) >= 11 is 0. The van der Waals surface area contributed by atoms with Crippen LogP contribution in [0.15, 0.2) is 24.3 Å². The normalized spacial score (nSPS) is 24.1. The lowest BCUT2D eigenvalue weighted by Gasteiger charge is -2.35. The van der Waals surface area contributed by atoms with Crippen molar-refractivity contribution in [2.24, 2.45) is 0 Å². The van der Waals surface area contributed by atoms with Crippen LogP contribution in [-0.4, -0.2) is 36.1 Å². The van der Waals surface area contributed by atoms with Gasteiger partial charge in [0.1, 0.15) is 0 Å². The summed E-state index contributed by atoms with van der Waals surface area (Å²) in [4.78, 5) is 28.0. The lowest BCUT2D eigenvalue weighted by atomic mass is 10.1. The van der Waals surface area contributed by atoms with Gasteiger partial charge in [0.2, 0.25) is 5.91 Å². The van der Waals surface area contributed by atoms with Crippen LogP contribution in [-0.2, 0) is 4.79 Å². The van der Waals surface area contributed by atoms with Gasteiger partial charge >= 0.3 is 6.03 Å². The number of anilines is 1. The van der Waals surface area contributed by atoms with E-state index in [1.165, 1.54) is 4.90 Å². The molecule has 2 heterocycles. The first kappa shape index (κ1) is 13.1. The molecule has 1 aromatic rings. The first-order chi connectivity index (χ1) is 9.65. The minimum atomic E-state index is -0.316. The van der Waals surface area contributed by atoms with Gasteiger partial charge in [-0.3, -0.25) is 9.69 Å². The van der Waals surface area contributed by atoms with Gasteiger partial charge in [-0.1, -0.05) is 12.1 Å². The molecule has 1 unspecified atom stereocenters. The second-order valence-electron chi connectivity index (χ2n) is 5.48. The number of amides is 3. The van der Waals surface area contributed by atoms with Crippen LogP contribution in [0.2, 0.25) is 0 Å². The summed E-state index contributed by atoms with van der Waals surface area (Å²) in [6.07, 6.45) is 2.49. The maximum Gasteiger partial charge on any atom is 0.329 e. The van der Waals surface area contributed by atoms with Crippen molar-refractivity contribution in [1.82, 2.24) is 10.2 Å². The molecule has 2 aliphatic rings. The third-order valence-corrected chi connectivity index (χ3v) is 3.95. The van der Waals surface area contributed by atoms with E-state index >= 15 is 0 Å². The van der Waals surface area contributed by atoms with E-state index in [0.717, 1.165) is 31.5 Å². The van der Waals surface area contributed by atoms with E-state index in [4.69, 9.17) is 0 Å². The van der Waals surface area contributed by atoms with Crippen LogP contribution in [0.4, 0.5) is 10.5 Å². The van der Waals surface area contributed by atoms with Gasteiger partial charge in [0, 0.05) is 13.1 Å². The molecule has 1 aromatic carbocycles. The molecule has 5 heteroatoms. The quantitative estimate of drug-likeness (QED) is 0.895. The molecule has 2 saturated heterocycles. The highest BCUT2D eigenvalue weighted by molar-refractivity contribution is 6.16. The van der Waals surface area contributed by atoms with Crippen LogP contribution in [0.5, 0.6) is 0 Å². The van der Waals surface area contributed by atoms with Crippen molar-refractivity contribution in [3.05, 3.63) is 29.8 Å². The zero-order valence-electron chi connectivity index (χ0n) is 11.6. The van der Waals surface area contributed by atoms with E-state index in [0.29, 0.717) is 12.1 Å². The number of nitrogens with zero attached hydrogens (tertiary/aromatic N) is 2. The Hall–Kier alpha value is -1.88. The van der Waals surface area contributed by atoms with Crippen molar-refractivity contribution < 1.29 is 9.59 Å². The van der Waals surface area contributed by atoms with Crippen LogP contribution in [0.1, 0.15) is 24.8 Å². The van der Waals surface area contributed by atoms with Crippen molar-refractivity contribution in [2.45, 2.75) is 32.4 Å². The van der Waals surface area contributed by atoms with Crippen LogP contribution in [0.25, 0.3) is 0 Å². The van der Waals surface area contributed by atoms with Gasteiger partial charge in [-0.2, -0.15) is 0 Å². The fourth-order valence-corrected chi connectivity index (χ4v) is 2.93. The Morgan fingerprint density at radius 2 is 1.95 bits per heavy atom. The van der Waals surface area contributed by atoms with Crippen molar-refractivity contribution in [1.29, 1.82) is 0 Å². The van der Waals surface area contributed by atoms with E-state index in [9.17, 15) is 9.59 Å². The molecule has 1 atom stereocenters. The van der Waals surface area contributed by atoms with Crippen molar-refractivity contribution >= 4 is 17.6 Å². The monoisotopic (exact) mass is 273 g/mol. The summed E-state index contributed by atoms with van der Waals surface area (Å²) in [5.41, 5.74) is 1.68. The molecule has 106 valence electrons. The molecular formula is C15H19N3O2. The maximum atomic E-state index is 12.3. The van der Waals surface area contributed by atoms with Gasteiger partial charge < -0.3 is 5.32 Å². The van der Waals surface area contributed by atoms with Gasteiger partial charge in [-0.15, -0.1) is 0 Å². The second-order valence-corrected chi connectivity index (χ2v) is 5.48. The highest BCUT2D eigenvalue weighted by Gasteiger charge is 2.36. The van der Waals surface area contributed by atoms with Gasteiger partial charge in [0.15, 0.2) is 0 Å². The van der Waals surface area contributed by atoms with E-state index in [2.05, 4.69) is 10.2 Å². The summed E-state index contributed by atoms with van der Waals surface area (Å²) in [5, 5.41) is 2.95. The van der Waals surface area contributed by atoms with Crippen LogP contribution < -0.4 is 10.2 Å². The molecule has 0 aliphatic carbocycles. The van der Waals surface area contributed by atoms with E-state index in [1.54, 1.807) is 6.07 Å². The SMILES string of the molecule is Cc1cccc(N2C(=O)CC(N3CCCC3)NC2=O)c1. The van der Waals surface area contributed by atoms with Crippen LogP contribution in [0, 0.1) is 6.92 Å². The Morgan fingerprint density at radius 3 is 2.60 bits per heavy atom. The number of imide groups is 1. The number of hydrogen-bond acceptors (Lipinski definition) is 3. The molecule has 3 rings (SSSR count). The smallest absolute Gasteiger partial charge is 0.321 e. The molecule has 2 fully saturated rings. The minimum Gasteiger partial charge on any atom is -0.321 e. The zero-order chi connectivity index (χ0) is 14.1. The minimum absolute atomic E-state index is 0.128. The lowest BCUT2D eigenvalue weighted by molar-refractivity contribution is -0.120. The number of urea groups is 1. The fourth-order valence-electron chi connectivity index (χ4n) is 2.93. The third-order valence-electron chi connectivity index (χ3n) is 3.95. The predicted molar refractivity (Wildman–Crippen MR) is 76.4 cm³/mol. The van der Waals surface area contributed by atoms with Crippen LogP contribution >= 0.6 is 0 Å². The number of carbonyl (C=O) groups excluding carboxylic acids is 2. The fraction of sp³-hybridized carbons (Fsp3) is 0.467.